The summed E-state index contributed by atoms with van der Waals surface area (Å²) in [6, 6.07) is 6.49. The smallest absolute Gasteiger partial charge is 0.227 e. The molecule has 0 saturated carbocycles. The van der Waals surface area contributed by atoms with Crippen molar-refractivity contribution in [1.29, 1.82) is 0 Å². The number of hydrogen-bond acceptors (Lipinski definition) is 3. The van der Waals surface area contributed by atoms with Gasteiger partial charge in [0.05, 0.1) is 10.6 Å². The minimum atomic E-state index is -3.34. The molecular weight excluding hydrogens is 262 g/mol. The number of amides is 1. The predicted molar refractivity (Wildman–Crippen MR) is 74.7 cm³/mol. The minimum absolute atomic E-state index is 0.0717. The Morgan fingerprint density at radius 1 is 1.26 bits per heavy atom. The Labute approximate surface area is 113 Å². The van der Waals surface area contributed by atoms with E-state index in [1.807, 2.05) is 6.08 Å². The summed E-state index contributed by atoms with van der Waals surface area (Å²) in [6.07, 6.45) is 7.62. The molecule has 1 aromatic carbocycles. The maximum atomic E-state index is 12.1. The van der Waals surface area contributed by atoms with Crippen molar-refractivity contribution in [2.45, 2.75) is 24.2 Å². The standard InChI is InChI=1S/C14H17NO3S/c1-19(17,18)13-10-6-5-9-12(13)15-14(16)11-7-3-2-4-8-11/h2-3,5-6,9-11H,4,7-8H2,1H3,(H,15,16)/t11-/m0/s1. The molecule has 0 radical (unpaired) electrons. The fraction of sp³-hybridized carbons (Fsp3) is 0.357. The Bertz CT molecular complexity index is 605. The summed E-state index contributed by atoms with van der Waals surface area (Å²) in [6.45, 7) is 0. The Balaban J connectivity index is 2.19. The van der Waals surface area contributed by atoms with Gasteiger partial charge in [-0.3, -0.25) is 4.79 Å². The SMILES string of the molecule is CS(=O)(=O)c1ccccc1NC(=O)[C@H]1CC=CCC1. The van der Waals surface area contributed by atoms with E-state index in [1.165, 1.54) is 6.07 Å². The van der Waals surface area contributed by atoms with E-state index in [0.29, 0.717) is 12.1 Å². The van der Waals surface area contributed by atoms with Gasteiger partial charge in [0.25, 0.3) is 0 Å². The van der Waals surface area contributed by atoms with E-state index in [0.717, 1.165) is 19.1 Å². The molecule has 4 nitrogen and oxygen atoms in total. The van der Waals surface area contributed by atoms with Gasteiger partial charge in [-0.15, -0.1) is 0 Å². The third-order valence-electron chi connectivity index (χ3n) is 3.18. The van der Waals surface area contributed by atoms with Gasteiger partial charge >= 0.3 is 0 Å². The maximum Gasteiger partial charge on any atom is 0.227 e. The number of hydrogen-bond donors (Lipinski definition) is 1. The summed E-state index contributed by atoms with van der Waals surface area (Å²) >= 11 is 0. The predicted octanol–water partition coefficient (Wildman–Crippen LogP) is 2.38. The molecular formula is C14H17NO3S. The zero-order valence-corrected chi connectivity index (χ0v) is 11.6. The van der Waals surface area contributed by atoms with Crippen molar-refractivity contribution >= 4 is 21.4 Å². The molecule has 5 heteroatoms. The Hall–Kier alpha value is -1.62. The van der Waals surface area contributed by atoms with Crippen LogP contribution >= 0.6 is 0 Å². The van der Waals surface area contributed by atoms with Crippen LogP contribution in [0.1, 0.15) is 19.3 Å². The first-order valence-corrected chi connectivity index (χ1v) is 8.12. The number of anilines is 1. The molecule has 0 saturated heterocycles. The highest BCUT2D eigenvalue weighted by molar-refractivity contribution is 7.90. The van der Waals surface area contributed by atoms with Crippen LogP contribution in [-0.2, 0) is 14.6 Å². The Morgan fingerprint density at radius 2 is 2.00 bits per heavy atom. The van der Waals surface area contributed by atoms with Crippen molar-refractivity contribution in [3.8, 4) is 0 Å². The van der Waals surface area contributed by atoms with Gasteiger partial charge in [-0.1, -0.05) is 24.3 Å². The normalized spacial score (nSPS) is 19.1. The number of nitrogens with one attached hydrogen (secondary N) is 1. The lowest BCUT2D eigenvalue weighted by Gasteiger charge is -2.18. The number of benzene rings is 1. The number of sulfone groups is 1. The van der Waals surface area contributed by atoms with E-state index in [2.05, 4.69) is 11.4 Å². The summed E-state index contributed by atoms with van der Waals surface area (Å²) in [4.78, 5) is 12.3. The average Bonchev–Trinajstić information content (AvgIpc) is 2.39. The molecule has 1 aromatic rings. The number of allylic oxidation sites excluding steroid dienone is 2. The Morgan fingerprint density at radius 3 is 2.63 bits per heavy atom. The monoisotopic (exact) mass is 279 g/mol. The van der Waals surface area contributed by atoms with E-state index < -0.39 is 9.84 Å². The molecule has 0 bridgehead atoms. The highest BCUT2D eigenvalue weighted by Gasteiger charge is 2.21. The van der Waals surface area contributed by atoms with Crippen LogP contribution in [0.3, 0.4) is 0 Å². The molecule has 102 valence electrons. The van der Waals surface area contributed by atoms with E-state index in [4.69, 9.17) is 0 Å². The van der Waals surface area contributed by atoms with E-state index >= 15 is 0 Å². The van der Waals surface area contributed by atoms with Gasteiger partial charge in [0.15, 0.2) is 9.84 Å². The zero-order valence-electron chi connectivity index (χ0n) is 10.8. The largest absolute Gasteiger partial charge is 0.325 e. The van der Waals surface area contributed by atoms with Crippen molar-refractivity contribution in [3.63, 3.8) is 0 Å². The molecule has 0 unspecified atom stereocenters. The fourth-order valence-electron chi connectivity index (χ4n) is 2.16. The molecule has 0 spiro atoms. The molecule has 1 amide bonds. The van der Waals surface area contributed by atoms with Gasteiger partial charge in [-0.2, -0.15) is 0 Å². The van der Waals surface area contributed by atoms with Gasteiger partial charge in [-0.25, -0.2) is 8.42 Å². The summed E-state index contributed by atoms with van der Waals surface area (Å²) in [7, 11) is -3.34. The second-order valence-corrected chi connectivity index (χ2v) is 6.72. The van der Waals surface area contributed by atoms with Gasteiger partial charge < -0.3 is 5.32 Å². The minimum Gasteiger partial charge on any atom is -0.325 e. The van der Waals surface area contributed by atoms with E-state index in [9.17, 15) is 13.2 Å². The lowest BCUT2D eigenvalue weighted by Crippen LogP contribution is -2.24. The van der Waals surface area contributed by atoms with E-state index in [-0.39, 0.29) is 16.7 Å². The van der Waals surface area contributed by atoms with Crippen LogP contribution in [0.2, 0.25) is 0 Å². The first kappa shape index (κ1) is 13.8. The average molecular weight is 279 g/mol. The van der Waals surface area contributed by atoms with Crippen molar-refractivity contribution in [3.05, 3.63) is 36.4 Å². The number of rotatable bonds is 3. The fourth-order valence-corrected chi connectivity index (χ4v) is 3.00. The first-order valence-electron chi connectivity index (χ1n) is 6.23. The molecule has 1 atom stereocenters. The van der Waals surface area contributed by atoms with Gasteiger partial charge in [0.1, 0.15) is 0 Å². The van der Waals surface area contributed by atoms with Crippen LogP contribution in [0.5, 0.6) is 0 Å². The molecule has 2 rings (SSSR count). The van der Waals surface area contributed by atoms with Gasteiger partial charge in [0.2, 0.25) is 5.91 Å². The van der Waals surface area contributed by atoms with E-state index in [1.54, 1.807) is 18.2 Å². The van der Waals surface area contributed by atoms with Gasteiger partial charge in [0, 0.05) is 12.2 Å². The summed E-state index contributed by atoms with van der Waals surface area (Å²) < 4.78 is 23.3. The third kappa shape index (κ3) is 3.44. The Kier molecular flexibility index (Phi) is 4.04. The molecule has 1 N–H and O–H groups in total. The number of carbonyl (C=O) groups is 1. The summed E-state index contributed by atoms with van der Waals surface area (Å²) in [5.41, 5.74) is 0.365. The number of carbonyl (C=O) groups excluding carboxylic acids is 1. The zero-order chi connectivity index (χ0) is 13.9. The molecule has 1 aliphatic carbocycles. The van der Waals surface area contributed by atoms with Crippen LogP contribution in [0.15, 0.2) is 41.3 Å². The van der Waals surface area contributed by atoms with Crippen molar-refractivity contribution < 1.29 is 13.2 Å². The van der Waals surface area contributed by atoms with Crippen molar-refractivity contribution in [2.24, 2.45) is 5.92 Å². The van der Waals surface area contributed by atoms with Crippen LogP contribution in [0.25, 0.3) is 0 Å². The molecule has 0 fully saturated rings. The van der Waals surface area contributed by atoms with Crippen LogP contribution in [0, 0.1) is 5.92 Å². The third-order valence-corrected chi connectivity index (χ3v) is 4.34. The first-order chi connectivity index (χ1) is 8.98. The van der Waals surface area contributed by atoms with Gasteiger partial charge in [-0.05, 0) is 31.4 Å². The highest BCUT2D eigenvalue weighted by atomic mass is 32.2. The molecule has 0 aliphatic heterocycles. The molecule has 19 heavy (non-hydrogen) atoms. The summed E-state index contributed by atoms with van der Waals surface area (Å²) in [5, 5.41) is 2.73. The molecule has 0 heterocycles. The maximum absolute atomic E-state index is 12.1. The van der Waals surface area contributed by atoms with Crippen molar-refractivity contribution in [2.75, 3.05) is 11.6 Å². The second kappa shape index (κ2) is 5.57. The molecule has 0 aromatic heterocycles. The van der Waals surface area contributed by atoms with Crippen LogP contribution in [-0.4, -0.2) is 20.6 Å². The topological polar surface area (TPSA) is 63.2 Å². The summed E-state index contributed by atoms with van der Waals surface area (Å²) in [5.74, 6) is -0.182. The lowest BCUT2D eigenvalue weighted by atomic mass is 9.93. The lowest BCUT2D eigenvalue weighted by molar-refractivity contribution is -0.120. The second-order valence-electron chi connectivity index (χ2n) is 4.74. The molecule has 1 aliphatic rings. The number of para-hydroxylation sites is 1. The van der Waals surface area contributed by atoms with Crippen molar-refractivity contribution in [1.82, 2.24) is 0 Å². The quantitative estimate of drug-likeness (QED) is 0.864. The highest BCUT2D eigenvalue weighted by Crippen LogP contribution is 2.24. The van der Waals surface area contributed by atoms with Crippen LogP contribution in [0.4, 0.5) is 5.69 Å². The van der Waals surface area contributed by atoms with Crippen LogP contribution < -0.4 is 5.32 Å².